The minimum absolute atomic E-state index is 0.170. The van der Waals surface area contributed by atoms with Gasteiger partial charge in [0.15, 0.2) is 0 Å². The van der Waals surface area contributed by atoms with Crippen molar-refractivity contribution in [2.45, 2.75) is 18.9 Å². The quantitative estimate of drug-likeness (QED) is 0.650. The van der Waals surface area contributed by atoms with E-state index in [0.29, 0.717) is 17.0 Å². The number of carbonyl (C=O) groups is 1. The lowest BCUT2D eigenvalue weighted by Crippen LogP contribution is -2.28. The maximum atomic E-state index is 11.6. The summed E-state index contributed by atoms with van der Waals surface area (Å²) in [5, 5.41) is 9.80. The summed E-state index contributed by atoms with van der Waals surface area (Å²) in [7, 11) is 0. The van der Waals surface area contributed by atoms with Crippen LogP contribution in [0.4, 0.5) is 0 Å². The molecular weight excluding hydrogens is 240 g/mol. The monoisotopic (exact) mass is 252 g/mol. The van der Waals surface area contributed by atoms with E-state index in [4.69, 9.17) is 21.4 Å². The van der Waals surface area contributed by atoms with Crippen LogP contribution >= 0.6 is 11.6 Å². The first-order valence-corrected chi connectivity index (χ1v) is 5.70. The van der Waals surface area contributed by atoms with E-state index in [2.05, 4.69) is 0 Å². The maximum absolute atomic E-state index is 11.6. The second kappa shape index (κ2) is 4.51. The molecule has 1 aromatic rings. The molecule has 0 unspecified atom stereocenters. The molecule has 0 aromatic heterocycles. The Bertz CT molecular complexity index is 464. The van der Waals surface area contributed by atoms with Gasteiger partial charge >= 0.3 is 5.97 Å². The summed E-state index contributed by atoms with van der Waals surface area (Å²) < 4.78 is 5.12. The largest absolute Gasteiger partial charge is 0.453 e. The van der Waals surface area contributed by atoms with Crippen LogP contribution in [-0.4, -0.2) is 23.3 Å². The van der Waals surface area contributed by atoms with E-state index in [1.807, 2.05) is 12.1 Å². The Kier molecular flexibility index (Phi) is 3.22. The Balaban J connectivity index is 2.23. The number of hydrogen-bond donors (Lipinski definition) is 1. The summed E-state index contributed by atoms with van der Waals surface area (Å²) in [4.78, 5) is 11.6. The Morgan fingerprint density at radius 3 is 2.65 bits per heavy atom. The second-order valence-corrected chi connectivity index (χ2v) is 4.83. The van der Waals surface area contributed by atoms with Crippen molar-refractivity contribution in [1.29, 1.82) is 0 Å². The smallest absolute Gasteiger partial charge is 0.334 e. The van der Waals surface area contributed by atoms with Gasteiger partial charge in [0.05, 0.1) is 6.61 Å². The number of hydrogen-bond acceptors (Lipinski definition) is 3. The summed E-state index contributed by atoms with van der Waals surface area (Å²) >= 11 is 5.78. The van der Waals surface area contributed by atoms with Gasteiger partial charge in [-0.3, -0.25) is 0 Å². The van der Waals surface area contributed by atoms with Crippen LogP contribution in [0, 0.1) is 0 Å². The molecular formula is C13H13ClO3. The summed E-state index contributed by atoms with van der Waals surface area (Å²) in [5.74, 6) is -0.364. The van der Waals surface area contributed by atoms with E-state index >= 15 is 0 Å². The number of benzene rings is 1. The van der Waals surface area contributed by atoms with Crippen molar-refractivity contribution >= 4 is 23.6 Å². The van der Waals surface area contributed by atoms with Crippen LogP contribution in [0.25, 0.3) is 6.08 Å². The van der Waals surface area contributed by atoms with Crippen LogP contribution in [0.2, 0.25) is 5.02 Å². The predicted octanol–water partition coefficient (Wildman–Crippen LogP) is 2.42. The van der Waals surface area contributed by atoms with Crippen LogP contribution in [0.15, 0.2) is 29.8 Å². The molecule has 0 spiro atoms. The minimum atomic E-state index is -0.782. The maximum Gasteiger partial charge on any atom is 0.334 e. The van der Waals surface area contributed by atoms with E-state index in [1.54, 1.807) is 25.1 Å². The molecule has 1 N–H and O–H groups in total. The molecule has 1 fully saturated rings. The van der Waals surface area contributed by atoms with Gasteiger partial charge in [0.25, 0.3) is 0 Å². The third-order valence-corrected chi connectivity index (χ3v) is 2.96. The number of carbonyl (C=O) groups excluding carboxylic acids is 1. The molecule has 0 aliphatic carbocycles. The van der Waals surface area contributed by atoms with Crippen molar-refractivity contribution in [3.63, 3.8) is 0 Å². The number of ether oxygens (including phenoxy) is 1. The van der Waals surface area contributed by atoms with Gasteiger partial charge < -0.3 is 9.84 Å². The third kappa shape index (κ3) is 2.68. The van der Waals surface area contributed by atoms with Gasteiger partial charge in [-0.25, -0.2) is 4.79 Å². The average molecular weight is 253 g/mol. The molecule has 3 nitrogen and oxygen atoms in total. The Morgan fingerprint density at radius 2 is 2.12 bits per heavy atom. The molecule has 1 saturated heterocycles. The van der Waals surface area contributed by atoms with Crippen molar-refractivity contribution in [2.75, 3.05) is 6.61 Å². The fourth-order valence-electron chi connectivity index (χ4n) is 1.76. The van der Waals surface area contributed by atoms with E-state index in [1.165, 1.54) is 0 Å². The van der Waals surface area contributed by atoms with Gasteiger partial charge in [0.2, 0.25) is 0 Å². The lowest BCUT2D eigenvalue weighted by molar-refractivity contribution is -0.147. The van der Waals surface area contributed by atoms with Crippen molar-refractivity contribution in [1.82, 2.24) is 0 Å². The summed E-state index contributed by atoms with van der Waals surface area (Å²) in [6, 6.07) is 7.19. The molecule has 4 heteroatoms. The highest BCUT2D eigenvalue weighted by atomic mass is 35.5. The number of halogens is 1. The highest BCUT2D eigenvalue weighted by Crippen LogP contribution is 2.31. The fourth-order valence-corrected chi connectivity index (χ4v) is 1.88. The van der Waals surface area contributed by atoms with Crippen LogP contribution in [0.1, 0.15) is 18.9 Å². The molecule has 1 heterocycles. The molecule has 17 heavy (non-hydrogen) atoms. The molecule has 0 saturated carbocycles. The molecule has 0 radical (unpaired) electrons. The number of aliphatic hydroxyl groups excluding tert-OH is 1. The SMILES string of the molecule is C[C@@]1(CO)C/C(=C\c2ccc(Cl)cc2)C(=O)O1. The van der Waals surface area contributed by atoms with Crippen molar-refractivity contribution in [2.24, 2.45) is 0 Å². The van der Waals surface area contributed by atoms with Gasteiger partial charge in [0, 0.05) is 17.0 Å². The Labute approximate surface area is 105 Å². The first-order chi connectivity index (χ1) is 8.02. The van der Waals surface area contributed by atoms with Gasteiger partial charge in [-0.1, -0.05) is 23.7 Å². The van der Waals surface area contributed by atoms with Crippen LogP contribution in [-0.2, 0) is 9.53 Å². The van der Waals surface area contributed by atoms with E-state index in [0.717, 1.165) is 5.56 Å². The van der Waals surface area contributed by atoms with Crippen molar-refractivity contribution in [3.05, 3.63) is 40.4 Å². The van der Waals surface area contributed by atoms with Crippen molar-refractivity contribution < 1.29 is 14.6 Å². The second-order valence-electron chi connectivity index (χ2n) is 4.40. The molecule has 0 bridgehead atoms. The topological polar surface area (TPSA) is 46.5 Å². The van der Waals surface area contributed by atoms with E-state index in [9.17, 15) is 4.79 Å². The standard InChI is InChI=1S/C13H13ClO3/c1-13(8-15)7-10(12(16)17-13)6-9-2-4-11(14)5-3-9/h2-6,15H,7-8H2,1H3/b10-6+/t13-/m0/s1. The predicted molar refractivity (Wildman–Crippen MR) is 65.6 cm³/mol. The molecule has 2 rings (SSSR count). The molecule has 1 aromatic carbocycles. The highest BCUT2D eigenvalue weighted by Gasteiger charge is 2.38. The zero-order valence-electron chi connectivity index (χ0n) is 9.44. The van der Waals surface area contributed by atoms with Gasteiger partial charge in [-0.05, 0) is 30.7 Å². The first-order valence-electron chi connectivity index (χ1n) is 5.33. The Hall–Kier alpha value is -1.32. The van der Waals surface area contributed by atoms with Gasteiger partial charge in [0.1, 0.15) is 5.60 Å². The molecule has 0 amide bonds. The van der Waals surface area contributed by atoms with Gasteiger partial charge in [-0.15, -0.1) is 0 Å². The first kappa shape index (κ1) is 12.1. The lowest BCUT2D eigenvalue weighted by Gasteiger charge is -2.17. The average Bonchev–Trinajstić information content (AvgIpc) is 2.58. The van der Waals surface area contributed by atoms with Crippen LogP contribution in [0.3, 0.4) is 0 Å². The van der Waals surface area contributed by atoms with E-state index in [-0.39, 0.29) is 12.6 Å². The molecule has 1 aliphatic rings. The van der Waals surface area contributed by atoms with Gasteiger partial charge in [-0.2, -0.15) is 0 Å². The third-order valence-electron chi connectivity index (χ3n) is 2.71. The number of cyclic esters (lactones) is 1. The minimum Gasteiger partial charge on any atom is -0.453 e. The summed E-state index contributed by atoms with van der Waals surface area (Å²) in [5.41, 5.74) is 0.683. The molecule has 1 aliphatic heterocycles. The number of aliphatic hydroxyl groups is 1. The molecule has 90 valence electrons. The zero-order chi connectivity index (χ0) is 12.5. The lowest BCUT2D eigenvalue weighted by atomic mass is 9.99. The van der Waals surface area contributed by atoms with Crippen LogP contribution < -0.4 is 0 Å². The molecule has 1 atom stereocenters. The number of rotatable bonds is 2. The number of esters is 1. The van der Waals surface area contributed by atoms with E-state index < -0.39 is 5.60 Å². The summed E-state index contributed by atoms with van der Waals surface area (Å²) in [6.45, 7) is 1.55. The van der Waals surface area contributed by atoms with Crippen LogP contribution in [0.5, 0.6) is 0 Å². The highest BCUT2D eigenvalue weighted by molar-refractivity contribution is 6.30. The zero-order valence-corrected chi connectivity index (χ0v) is 10.2. The van der Waals surface area contributed by atoms with Crippen molar-refractivity contribution in [3.8, 4) is 0 Å². The Morgan fingerprint density at radius 1 is 1.47 bits per heavy atom. The summed E-state index contributed by atoms with van der Waals surface area (Å²) in [6.07, 6.45) is 2.19. The normalized spacial score (nSPS) is 26.3. The fraction of sp³-hybridized carbons (Fsp3) is 0.308.